The zero-order valence-corrected chi connectivity index (χ0v) is 12.8. The number of benzene rings is 1. The summed E-state index contributed by atoms with van der Waals surface area (Å²) >= 11 is 0. The highest BCUT2D eigenvalue weighted by molar-refractivity contribution is 5.67. The molecule has 0 bridgehead atoms. The first-order chi connectivity index (χ1) is 10.1. The largest absolute Gasteiger partial charge is 0.444 e. The van der Waals surface area contributed by atoms with Crippen LogP contribution >= 0.6 is 0 Å². The predicted octanol–water partition coefficient (Wildman–Crippen LogP) is 2.27. The second-order valence-electron chi connectivity index (χ2n) is 5.93. The summed E-state index contributed by atoms with van der Waals surface area (Å²) < 4.78 is 31.1. The first kappa shape index (κ1) is 18.3. The Labute approximate surface area is 127 Å². The Hall–Kier alpha value is -1.73. The van der Waals surface area contributed by atoms with Gasteiger partial charge in [0.1, 0.15) is 23.3 Å². The number of aliphatic hydroxyl groups is 2. The van der Waals surface area contributed by atoms with E-state index in [4.69, 9.17) is 4.74 Å². The van der Waals surface area contributed by atoms with Gasteiger partial charge in [0.2, 0.25) is 0 Å². The van der Waals surface area contributed by atoms with Gasteiger partial charge in [-0.15, -0.1) is 0 Å². The number of carbonyl (C=O) groups is 1. The van der Waals surface area contributed by atoms with Gasteiger partial charge < -0.3 is 20.3 Å². The van der Waals surface area contributed by atoms with E-state index in [2.05, 4.69) is 5.32 Å². The fourth-order valence-electron chi connectivity index (χ4n) is 1.76. The Kier molecular flexibility index (Phi) is 6.25. The van der Waals surface area contributed by atoms with Gasteiger partial charge in [-0.3, -0.25) is 0 Å². The van der Waals surface area contributed by atoms with Crippen LogP contribution in [0.1, 0.15) is 38.9 Å². The molecule has 1 aromatic rings. The molecule has 1 amide bonds. The molecule has 7 heteroatoms. The van der Waals surface area contributed by atoms with Crippen molar-refractivity contribution in [2.75, 3.05) is 6.54 Å². The van der Waals surface area contributed by atoms with Crippen LogP contribution in [0.3, 0.4) is 0 Å². The maximum atomic E-state index is 13.1. The molecule has 0 aromatic heterocycles. The monoisotopic (exact) mass is 317 g/mol. The minimum Gasteiger partial charge on any atom is -0.444 e. The molecule has 0 spiro atoms. The minimum atomic E-state index is -1.45. The second kappa shape index (κ2) is 7.51. The molecule has 124 valence electrons. The fraction of sp³-hybridized carbons (Fsp3) is 0.533. The van der Waals surface area contributed by atoms with Gasteiger partial charge >= 0.3 is 6.09 Å². The number of nitrogens with one attached hydrogen (secondary N) is 1. The summed E-state index contributed by atoms with van der Waals surface area (Å²) in [6.45, 7) is 5.18. The molecule has 2 atom stereocenters. The van der Waals surface area contributed by atoms with Crippen LogP contribution < -0.4 is 5.32 Å². The van der Waals surface area contributed by atoms with Crippen molar-refractivity contribution in [1.82, 2.24) is 5.32 Å². The molecule has 0 radical (unpaired) electrons. The van der Waals surface area contributed by atoms with Crippen LogP contribution in [-0.2, 0) is 4.74 Å². The van der Waals surface area contributed by atoms with Crippen LogP contribution in [0.25, 0.3) is 0 Å². The average molecular weight is 317 g/mol. The Morgan fingerprint density at radius 2 is 1.77 bits per heavy atom. The molecule has 22 heavy (non-hydrogen) atoms. The zero-order valence-electron chi connectivity index (χ0n) is 12.8. The molecule has 2 unspecified atom stereocenters. The van der Waals surface area contributed by atoms with E-state index in [1.807, 2.05) is 0 Å². The van der Waals surface area contributed by atoms with E-state index in [1.54, 1.807) is 20.8 Å². The van der Waals surface area contributed by atoms with Gasteiger partial charge in [-0.1, -0.05) is 0 Å². The van der Waals surface area contributed by atoms with Crippen LogP contribution in [0, 0.1) is 11.6 Å². The second-order valence-corrected chi connectivity index (χ2v) is 5.93. The van der Waals surface area contributed by atoms with Gasteiger partial charge in [0.15, 0.2) is 0 Å². The molecular formula is C15H21F2NO4. The first-order valence-corrected chi connectivity index (χ1v) is 6.87. The van der Waals surface area contributed by atoms with Crippen LogP contribution in [0.4, 0.5) is 13.6 Å². The van der Waals surface area contributed by atoms with Gasteiger partial charge in [0.05, 0.1) is 6.10 Å². The van der Waals surface area contributed by atoms with E-state index < -0.39 is 35.5 Å². The number of aliphatic hydroxyl groups excluding tert-OH is 2. The standard InChI is InChI=1S/C15H21F2NO4/c1-15(2,3)22-14(21)18-5-4-12(19)13(20)9-6-10(16)8-11(17)7-9/h6-8,12-13,19-20H,4-5H2,1-3H3,(H,18,21). The molecule has 5 nitrogen and oxygen atoms in total. The van der Waals surface area contributed by atoms with Gasteiger partial charge in [0, 0.05) is 12.6 Å². The lowest BCUT2D eigenvalue weighted by Crippen LogP contribution is -2.34. The van der Waals surface area contributed by atoms with Crippen molar-refractivity contribution in [1.29, 1.82) is 0 Å². The molecule has 0 fully saturated rings. The van der Waals surface area contributed by atoms with Crippen LogP contribution in [0.2, 0.25) is 0 Å². The lowest BCUT2D eigenvalue weighted by Gasteiger charge is -2.21. The van der Waals surface area contributed by atoms with E-state index >= 15 is 0 Å². The fourth-order valence-corrected chi connectivity index (χ4v) is 1.76. The Balaban J connectivity index is 2.48. The van der Waals surface area contributed by atoms with E-state index in [9.17, 15) is 23.8 Å². The van der Waals surface area contributed by atoms with E-state index in [1.165, 1.54) is 0 Å². The summed E-state index contributed by atoms with van der Waals surface area (Å²) in [4.78, 5) is 11.4. The summed E-state index contributed by atoms with van der Waals surface area (Å²) in [7, 11) is 0. The predicted molar refractivity (Wildman–Crippen MR) is 76.2 cm³/mol. The quantitative estimate of drug-likeness (QED) is 0.778. The topological polar surface area (TPSA) is 78.8 Å². The van der Waals surface area contributed by atoms with E-state index in [-0.39, 0.29) is 18.5 Å². The van der Waals surface area contributed by atoms with Crippen molar-refractivity contribution in [2.45, 2.75) is 45.0 Å². The number of alkyl carbamates (subject to hydrolysis) is 1. The van der Waals surface area contributed by atoms with Gasteiger partial charge in [-0.2, -0.15) is 0 Å². The normalized spacial score (nSPS) is 14.3. The summed E-state index contributed by atoms with van der Waals surface area (Å²) in [6, 6.07) is 2.56. The average Bonchev–Trinajstić information content (AvgIpc) is 2.34. The molecule has 0 heterocycles. The highest BCUT2D eigenvalue weighted by Crippen LogP contribution is 2.21. The number of amides is 1. The minimum absolute atomic E-state index is 0.00145. The molecule has 3 N–H and O–H groups in total. The maximum absolute atomic E-state index is 13.1. The van der Waals surface area contributed by atoms with Crippen molar-refractivity contribution in [3.05, 3.63) is 35.4 Å². The highest BCUT2D eigenvalue weighted by Gasteiger charge is 2.21. The molecule has 0 aliphatic heterocycles. The SMILES string of the molecule is CC(C)(C)OC(=O)NCCC(O)C(O)c1cc(F)cc(F)c1. The number of ether oxygens (including phenoxy) is 1. The summed E-state index contributed by atoms with van der Waals surface area (Å²) in [5.41, 5.74) is -0.705. The van der Waals surface area contributed by atoms with Crippen molar-refractivity contribution >= 4 is 6.09 Å². The molecule has 1 aromatic carbocycles. The van der Waals surface area contributed by atoms with Crippen LogP contribution in [0.15, 0.2) is 18.2 Å². The Morgan fingerprint density at radius 3 is 2.27 bits per heavy atom. The van der Waals surface area contributed by atoms with E-state index in [0.717, 1.165) is 12.1 Å². The number of hydrogen-bond donors (Lipinski definition) is 3. The summed E-state index contributed by atoms with van der Waals surface area (Å²) in [5.74, 6) is -1.68. The van der Waals surface area contributed by atoms with Crippen LogP contribution in [0.5, 0.6) is 0 Å². The first-order valence-electron chi connectivity index (χ1n) is 6.87. The molecule has 1 rings (SSSR count). The Morgan fingerprint density at radius 1 is 1.23 bits per heavy atom. The lowest BCUT2D eigenvalue weighted by molar-refractivity contribution is 0.0120. The highest BCUT2D eigenvalue weighted by atomic mass is 19.1. The summed E-state index contributed by atoms with van der Waals surface area (Å²) in [5, 5.41) is 22.1. The lowest BCUT2D eigenvalue weighted by atomic mass is 10.0. The molecule has 0 saturated carbocycles. The number of rotatable bonds is 5. The third kappa shape index (κ3) is 6.36. The molecule has 0 saturated heterocycles. The number of hydrogen-bond acceptors (Lipinski definition) is 4. The van der Waals surface area contributed by atoms with Crippen molar-refractivity contribution in [2.24, 2.45) is 0 Å². The zero-order chi connectivity index (χ0) is 16.9. The third-order valence-corrected chi connectivity index (χ3v) is 2.70. The van der Waals surface area contributed by atoms with E-state index in [0.29, 0.717) is 6.07 Å². The van der Waals surface area contributed by atoms with Crippen molar-refractivity contribution in [3.8, 4) is 0 Å². The van der Waals surface area contributed by atoms with Crippen molar-refractivity contribution in [3.63, 3.8) is 0 Å². The summed E-state index contributed by atoms with van der Waals surface area (Å²) in [6.07, 6.45) is -3.38. The van der Waals surface area contributed by atoms with Gasteiger partial charge in [0.25, 0.3) is 0 Å². The van der Waals surface area contributed by atoms with Crippen molar-refractivity contribution < 1.29 is 28.5 Å². The maximum Gasteiger partial charge on any atom is 0.407 e. The van der Waals surface area contributed by atoms with Gasteiger partial charge in [-0.25, -0.2) is 13.6 Å². The number of carbonyl (C=O) groups excluding carboxylic acids is 1. The molecule has 0 aliphatic carbocycles. The molecular weight excluding hydrogens is 296 g/mol. The molecule has 0 aliphatic rings. The smallest absolute Gasteiger partial charge is 0.407 e. The third-order valence-electron chi connectivity index (χ3n) is 2.70. The van der Waals surface area contributed by atoms with Crippen LogP contribution in [-0.4, -0.2) is 34.6 Å². The Bertz CT molecular complexity index is 497. The van der Waals surface area contributed by atoms with Gasteiger partial charge in [-0.05, 0) is 44.9 Å². The number of halogens is 2.